The molecule has 0 aliphatic carbocycles. The summed E-state index contributed by atoms with van der Waals surface area (Å²) >= 11 is 0. The largest absolute Gasteiger partial charge is 0.308 e. The predicted molar refractivity (Wildman–Crippen MR) is 90.9 cm³/mol. The molecule has 0 bridgehead atoms. The molecule has 0 spiro atoms. The SMILES string of the molecule is CCOOCc1nc(NN=C2C(=O)N(C)c3ccccc3S2(=O)=O)n[nH]1. The van der Waals surface area contributed by atoms with E-state index < -0.39 is 20.8 Å². The van der Waals surface area contributed by atoms with Gasteiger partial charge in [-0.1, -0.05) is 12.1 Å². The van der Waals surface area contributed by atoms with E-state index in [1.165, 1.54) is 18.0 Å². The van der Waals surface area contributed by atoms with Gasteiger partial charge in [0.15, 0.2) is 5.82 Å². The molecule has 2 heterocycles. The third kappa shape index (κ3) is 3.29. The van der Waals surface area contributed by atoms with Crippen molar-refractivity contribution in [2.75, 3.05) is 24.0 Å². The van der Waals surface area contributed by atoms with Crippen molar-refractivity contribution < 1.29 is 23.0 Å². The van der Waals surface area contributed by atoms with E-state index >= 15 is 0 Å². The van der Waals surface area contributed by atoms with Gasteiger partial charge in [0, 0.05) is 7.05 Å². The number of para-hydroxylation sites is 1. The number of anilines is 2. The van der Waals surface area contributed by atoms with Crippen molar-refractivity contribution in [2.45, 2.75) is 18.4 Å². The highest BCUT2D eigenvalue weighted by atomic mass is 32.2. The molecule has 0 saturated heterocycles. The first kappa shape index (κ1) is 18.0. The summed E-state index contributed by atoms with van der Waals surface area (Å²) in [5.74, 6) is -0.440. The van der Waals surface area contributed by atoms with Gasteiger partial charge in [0.1, 0.15) is 6.61 Å². The van der Waals surface area contributed by atoms with Gasteiger partial charge in [-0.3, -0.25) is 9.89 Å². The lowest BCUT2D eigenvalue weighted by molar-refractivity contribution is -0.301. The fraction of sp³-hybridized carbons (Fsp3) is 0.286. The number of nitrogens with zero attached hydrogens (tertiary/aromatic N) is 4. The summed E-state index contributed by atoms with van der Waals surface area (Å²) in [6, 6.07) is 6.19. The van der Waals surface area contributed by atoms with Gasteiger partial charge in [-0.25, -0.2) is 23.6 Å². The second-order valence-electron chi connectivity index (χ2n) is 5.14. The summed E-state index contributed by atoms with van der Waals surface area (Å²) < 4.78 is 25.3. The zero-order chi connectivity index (χ0) is 18.7. The minimum atomic E-state index is -4.06. The molecule has 12 heteroatoms. The van der Waals surface area contributed by atoms with E-state index in [1.807, 2.05) is 0 Å². The first-order valence-electron chi connectivity index (χ1n) is 7.56. The summed E-state index contributed by atoms with van der Waals surface area (Å²) in [6.45, 7) is 2.16. The predicted octanol–water partition coefficient (Wildman–Crippen LogP) is 0.448. The third-order valence-electron chi connectivity index (χ3n) is 3.44. The van der Waals surface area contributed by atoms with E-state index in [0.29, 0.717) is 18.1 Å². The first-order valence-corrected chi connectivity index (χ1v) is 9.05. The molecule has 1 aromatic heterocycles. The van der Waals surface area contributed by atoms with Crippen LogP contribution in [0.2, 0.25) is 0 Å². The molecule has 2 N–H and O–H groups in total. The van der Waals surface area contributed by atoms with Crippen molar-refractivity contribution in [3.05, 3.63) is 30.1 Å². The highest BCUT2D eigenvalue weighted by Crippen LogP contribution is 2.31. The van der Waals surface area contributed by atoms with Crippen LogP contribution in [-0.2, 0) is 31.0 Å². The van der Waals surface area contributed by atoms with Crippen LogP contribution in [0.15, 0.2) is 34.3 Å². The van der Waals surface area contributed by atoms with Gasteiger partial charge in [-0.15, -0.1) is 5.10 Å². The van der Waals surface area contributed by atoms with Crippen LogP contribution in [0.5, 0.6) is 0 Å². The molecule has 0 saturated carbocycles. The monoisotopic (exact) mass is 380 g/mol. The van der Waals surface area contributed by atoms with Crippen LogP contribution in [0, 0.1) is 0 Å². The minimum Gasteiger partial charge on any atom is -0.308 e. The number of sulfone groups is 1. The molecule has 2 aromatic rings. The van der Waals surface area contributed by atoms with Crippen molar-refractivity contribution in [1.82, 2.24) is 15.2 Å². The molecule has 1 aliphatic heterocycles. The molecule has 11 nitrogen and oxygen atoms in total. The van der Waals surface area contributed by atoms with E-state index in [0.717, 1.165) is 0 Å². The highest BCUT2D eigenvalue weighted by molar-refractivity contribution is 8.08. The fourth-order valence-electron chi connectivity index (χ4n) is 2.23. The van der Waals surface area contributed by atoms with Crippen LogP contribution >= 0.6 is 0 Å². The van der Waals surface area contributed by atoms with Crippen LogP contribution in [0.1, 0.15) is 12.7 Å². The minimum absolute atomic E-state index is 0.00319. The molecule has 0 fully saturated rings. The topological polar surface area (TPSA) is 139 Å². The normalized spacial score (nSPS) is 17.4. The van der Waals surface area contributed by atoms with Crippen molar-refractivity contribution in [3.63, 3.8) is 0 Å². The Kier molecular flexibility index (Phi) is 4.97. The Hall–Kier alpha value is -2.83. The van der Waals surface area contributed by atoms with E-state index in [-0.39, 0.29) is 17.5 Å². The summed E-state index contributed by atoms with van der Waals surface area (Å²) in [6.07, 6.45) is 0. The van der Waals surface area contributed by atoms with Gasteiger partial charge in [0.25, 0.3) is 11.9 Å². The zero-order valence-corrected chi connectivity index (χ0v) is 14.8. The van der Waals surface area contributed by atoms with Gasteiger partial charge in [0.05, 0.1) is 17.2 Å². The average Bonchev–Trinajstić information content (AvgIpc) is 3.08. The van der Waals surface area contributed by atoms with Crippen molar-refractivity contribution in [2.24, 2.45) is 5.10 Å². The maximum atomic E-state index is 12.7. The summed E-state index contributed by atoms with van der Waals surface area (Å²) in [5, 5.41) is 9.45. The number of aromatic amines is 1. The quantitative estimate of drug-likeness (QED) is 0.418. The smallest absolute Gasteiger partial charge is 0.290 e. The number of hydrogen-bond donors (Lipinski definition) is 2. The van der Waals surface area contributed by atoms with Gasteiger partial charge < -0.3 is 4.90 Å². The van der Waals surface area contributed by atoms with Crippen molar-refractivity contribution in [1.29, 1.82) is 0 Å². The Morgan fingerprint density at radius 2 is 2.08 bits per heavy atom. The number of carbonyl (C=O) groups is 1. The number of benzene rings is 1. The molecule has 3 rings (SSSR count). The maximum absolute atomic E-state index is 12.7. The average molecular weight is 380 g/mol. The van der Waals surface area contributed by atoms with E-state index in [1.54, 1.807) is 25.1 Å². The van der Waals surface area contributed by atoms with E-state index in [4.69, 9.17) is 9.78 Å². The van der Waals surface area contributed by atoms with Crippen molar-refractivity contribution >= 4 is 32.4 Å². The molecule has 0 unspecified atom stereocenters. The van der Waals surface area contributed by atoms with Crippen LogP contribution in [0.3, 0.4) is 0 Å². The molecule has 1 aliphatic rings. The Bertz CT molecular complexity index is 954. The first-order chi connectivity index (χ1) is 12.4. The fourth-order valence-corrected chi connectivity index (χ4v) is 3.71. The number of hydrazone groups is 1. The number of H-pyrrole nitrogens is 1. The Labute approximate surface area is 148 Å². The number of nitrogens with one attached hydrogen (secondary N) is 2. The molecule has 26 heavy (non-hydrogen) atoms. The number of amides is 1. The number of hydrogen-bond acceptors (Lipinski definition) is 9. The molecular weight excluding hydrogens is 364 g/mol. The Morgan fingerprint density at radius 3 is 2.85 bits per heavy atom. The van der Waals surface area contributed by atoms with E-state index in [2.05, 4.69) is 25.7 Å². The molecule has 1 aromatic carbocycles. The lowest BCUT2D eigenvalue weighted by atomic mass is 10.3. The molecule has 1 amide bonds. The zero-order valence-electron chi connectivity index (χ0n) is 14.0. The summed E-state index contributed by atoms with van der Waals surface area (Å²) in [5.41, 5.74) is 2.67. The second kappa shape index (κ2) is 7.19. The molecular formula is C14H16N6O5S. The Balaban J connectivity index is 1.84. The number of fused-ring (bicyclic) bond motifs is 1. The Morgan fingerprint density at radius 1 is 1.31 bits per heavy atom. The van der Waals surface area contributed by atoms with Crippen LogP contribution in [0.25, 0.3) is 0 Å². The van der Waals surface area contributed by atoms with Crippen LogP contribution in [-0.4, -0.2) is 48.2 Å². The van der Waals surface area contributed by atoms with Crippen LogP contribution < -0.4 is 10.3 Å². The summed E-state index contributed by atoms with van der Waals surface area (Å²) in [7, 11) is -2.59. The van der Waals surface area contributed by atoms with Crippen molar-refractivity contribution in [3.8, 4) is 0 Å². The maximum Gasteiger partial charge on any atom is 0.290 e. The van der Waals surface area contributed by atoms with Gasteiger partial charge in [-0.05, 0) is 19.1 Å². The molecule has 0 atom stereocenters. The third-order valence-corrected chi connectivity index (χ3v) is 5.14. The summed E-state index contributed by atoms with van der Waals surface area (Å²) in [4.78, 5) is 27.2. The standard InChI is InChI=1S/C14H16N6O5S/c1-3-24-25-8-11-15-14(18-16-11)19-17-12-13(21)20(2)9-6-4-5-7-10(9)26(12,22)23/h4-7H,3,8H2,1-2H3,(H2,15,16,18,19). The number of rotatable bonds is 6. The second-order valence-corrected chi connectivity index (χ2v) is 6.97. The lowest BCUT2D eigenvalue weighted by Gasteiger charge is -2.25. The molecule has 0 radical (unpaired) electrons. The van der Waals surface area contributed by atoms with Gasteiger partial charge in [0.2, 0.25) is 14.9 Å². The lowest BCUT2D eigenvalue weighted by Crippen LogP contribution is -2.43. The number of aromatic nitrogens is 3. The van der Waals surface area contributed by atoms with Crippen LogP contribution in [0.4, 0.5) is 11.6 Å². The highest BCUT2D eigenvalue weighted by Gasteiger charge is 2.40. The van der Waals surface area contributed by atoms with Gasteiger partial charge in [-0.2, -0.15) is 10.1 Å². The number of carbonyl (C=O) groups excluding carboxylic acids is 1. The molecule has 138 valence electrons. The van der Waals surface area contributed by atoms with E-state index in [9.17, 15) is 13.2 Å². The van der Waals surface area contributed by atoms with Gasteiger partial charge >= 0.3 is 0 Å².